The number of rotatable bonds is 4. The molecule has 1 unspecified atom stereocenters. The highest BCUT2D eigenvalue weighted by molar-refractivity contribution is 7.20. The lowest BCUT2D eigenvalue weighted by atomic mass is 10.1. The quantitative estimate of drug-likeness (QED) is 0.944. The second-order valence-corrected chi connectivity index (χ2v) is 6.78. The van der Waals surface area contributed by atoms with E-state index < -0.39 is 0 Å². The van der Waals surface area contributed by atoms with Crippen molar-refractivity contribution in [1.29, 1.82) is 0 Å². The van der Waals surface area contributed by atoms with Crippen LogP contribution in [0.2, 0.25) is 0 Å². The third-order valence-electron chi connectivity index (χ3n) is 3.52. The molecule has 2 aromatic heterocycles. The number of carbonyl (C=O) groups excluding carboxylic acids is 1. The molecule has 3 rings (SSSR count). The highest BCUT2D eigenvalue weighted by Gasteiger charge is 2.27. The average Bonchev–Trinajstić information content (AvgIpc) is 3.19. The molecule has 20 heavy (non-hydrogen) atoms. The van der Waals surface area contributed by atoms with Gasteiger partial charge in [-0.15, -0.1) is 22.7 Å². The van der Waals surface area contributed by atoms with E-state index in [1.54, 1.807) is 22.7 Å². The van der Waals surface area contributed by atoms with Crippen molar-refractivity contribution in [2.24, 2.45) is 5.92 Å². The van der Waals surface area contributed by atoms with Crippen LogP contribution in [0.4, 0.5) is 0 Å². The predicted octanol–water partition coefficient (Wildman–Crippen LogP) is 2.55. The Kier molecular flexibility index (Phi) is 4.14. The first kappa shape index (κ1) is 13.7. The van der Waals surface area contributed by atoms with Gasteiger partial charge in [-0.1, -0.05) is 6.07 Å². The van der Waals surface area contributed by atoms with E-state index in [-0.39, 0.29) is 5.91 Å². The average molecular weight is 307 g/mol. The third kappa shape index (κ3) is 2.77. The first-order valence-electron chi connectivity index (χ1n) is 6.71. The number of carbonyl (C=O) groups is 1. The smallest absolute Gasteiger partial charge is 0.273 e. The number of likely N-dealkylation sites (tertiary alicyclic amines) is 1. The van der Waals surface area contributed by atoms with Crippen LogP contribution in [0.25, 0.3) is 9.88 Å². The van der Waals surface area contributed by atoms with Gasteiger partial charge >= 0.3 is 0 Å². The number of amides is 1. The second kappa shape index (κ2) is 6.03. The lowest BCUT2D eigenvalue weighted by Gasteiger charge is -2.14. The molecule has 1 aliphatic heterocycles. The van der Waals surface area contributed by atoms with E-state index in [4.69, 9.17) is 0 Å². The number of nitrogens with zero attached hydrogens (tertiary/aromatic N) is 2. The van der Waals surface area contributed by atoms with Gasteiger partial charge in [-0.3, -0.25) is 4.79 Å². The molecule has 4 nitrogen and oxygen atoms in total. The molecule has 1 N–H and O–H groups in total. The Hall–Kier alpha value is -1.24. The van der Waals surface area contributed by atoms with Gasteiger partial charge in [-0.25, -0.2) is 4.98 Å². The van der Waals surface area contributed by atoms with Gasteiger partial charge in [0.1, 0.15) is 10.7 Å². The summed E-state index contributed by atoms with van der Waals surface area (Å²) in [6.07, 6.45) is 1.08. The lowest BCUT2D eigenvalue weighted by Crippen LogP contribution is -2.30. The van der Waals surface area contributed by atoms with Crippen molar-refractivity contribution >= 4 is 28.6 Å². The van der Waals surface area contributed by atoms with Gasteiger partial charge in [0.2, 0.25) is 0 Å². The van der Waals surface area contributed by atoms with Crippen molar-refractivity contribution in [3.05, 3.63) is 28.6 Å². The zero-order valence-electron chi connectivity index (χ0n) is 11.3. The van der Waals surface area contributed by atoms with Crippen molar-refractivity contribution in [2.75, 3.05) is 26.7 Å². The van der Waals surface area contributed by atoms with Gasteiger partial charge in [0.15, 0.2) is 0 Å². The number of thiophene rings is 1. The summed E-state index contributed by atoms with van der Waals surface area (Å²) in [5.74, 6) is 0.641. The summed E-state index contributed by atoms with van der Waals surface area (Å²) in [6.45, 7) is 2.66. The molecular formula is C14H17N3OS2. The molecule has 3 heterocycles. The molecule has 6 heteroatoms. The van der Waals surface area contributed by atoms with E-state index in [1.807, 2.05) is 34.8 Å². The summed E-state index contributed by atoms with van der Waals surface area (Å²) < 4.78 is 0. The maximum atomic E-state index is 12.4. The molecule has 0 bridgehead atoms. The fraction of sp³-hybridized carbons (Fsp3) is 0.429. The molecule has 0 aliphatic carbocycles. The van der Waals surface area contributed by atoms with Crippen LogP contribution < -0.4 is 5.32 Å². The van der Waals surface area contributed by atoms with Crippen molar-refractivity contribution < 1.29 is 4.79 Å². The minimum absolute atomic E-state index is 0.0719. The molecule has 1 saturated heterocycles. The summed E-state index contributed by atoms with van der Waals surface area (Å²) in [7, 11) is 1.96. The molecule has 1 fully saturated rings. The number of aromatic nitrogens is 1. The minimum Gasteiger partial charge on any atom is -0.337 e. The zero-order chi connectivity index (χ0) is 13.9. The lowest BCUT2D eigenvalue weighted by molar-refractivity contribution is 0.0782. The molecule has 2 aromatic rings. The van der Waals surface area contributed by atoms with E-state index in [9.17, 15) is 4.79 Å². The fourth-order valence-corrected chi connectivity index (χ4v) is 4.13. The summed E-state index contributed by atoms with van der Waals surface area (Å²) >= 11 is 3.20. The largest absolute Gasteiger partial charge is 0.337 e. The van der Waals surface area contributed by atoms with Crippen LogP contribution in [0.15, 0.2) is 22.9 Å². The summed E-state index contributed by atoms with van der Waals surface area (Å²) in [6, 6.07) is 4.04. The van der Waals surface area contributed by atoms with E-state index in [1.165, 1.54) is 0 Å². The molecule has 1 aliphatic rings. The van der Waals surface area contributed by atoms with E-state index >= 15 is 0 Å². The van der Waals surface area contributed by atoms with Crippen molar-refractivity contribution in [3.8, 4) is 9.88 Å². The second-order valence-electron chi connectivity index (χ2n) is 4.98. The predicted molar refractivity (Wildman–Crippen MR) is 83.4 cm³/mol. The van der Waals surface area contributed by atoms with Crippen LogP contribution >= 0.6 is 22.7 Å². The fourth-order valence-electron chi connectivity index (χ4n) is 2.52. The summed E-state index contributed by atoms with van der Waals surface area (Å²) in [5, 5.41) is 8.03. The van der Waals surface area contributed by atoms with Gasteiger partial charge in [-0.2, -0.15) is 0 Å². The third-order valence-corrected chi connectivity index (χ3v) is 5.40. The molecule has 1 atom stereocenters. The Morgan fingerprint density at radius 1 is 1.55 bits per heavy atom. The number of thiazole rings is 1. The molecule has 0 radical (unpaired) electrons. The van der Waals surface area contributed by atoms with Gasteiger partial charge in [0.05, 0.1) is 4.88 Å². The highest BCUT2D eigenvalue weighted by atomic mass is 32.1. The number of hydrogen-bond acceptors (Lipinski definition) is 5. The molecule has 1 amide bonds. The summed E-state index contributed by atoms with van der Waals surface area (Å²) in [4.78, 5) is 20.0. The van der Waals surface area contributed by atoms with Crippen LogP contribution in [0.3, 0.4) is 0 Å². The standard InChI is InChI=1S/C14H17N3OS2/c1-15-7-10-4-5-17(8-10)14(18)11-9-20-13(16-11)12-3-2-6-19-12/h2-3,6,9-10,15H,4-5,7-8H2,1H3. The normalized spacial score (nSPS) is 18.6. The van der Waals surface area contributed by atoms with Crippen molar-refractivity contribution in [2.45, 2.75) is 6.42 Å². The van der Waals surface area contributed by atoms with Crippen LogP contribution in [-0.4, -0.2) is 42.5 Å². The van der Waals surface area contributed by atoms with Crippen LogP contribution in [-0.2, 0) is 0 Å². The maximum Gasteiger partial charge on any atom is 0.273 e. The maximum absolute atomic E-state index is 12.4. The van der Waals surface area contributed by atoms with Crippen molar-refractivity contribution in [1.82, 2.24) is 15.2 Å². The molecular weight excluding hydrogens is 290 g/mol. The van der Waals surface area contributed by atoms with Crippen molar-refractivity contribution in [3.63, 3.8) is 0 Å². The molecule has 0 aromatic carbocycles. The molecule has 0 spiro atoms. The minimum atomic E-state index is 0.0719. The van der Waals surface area contributed by atoms with Gasteiger partial charge in [0.25, 0.3) is 5.91 Å². The Balaban J connectivity index is 1.69. The van der Waals surface area contributed by atoms with E-state index in [0.717, 1.165) is 35.9 Å². The SMILES string of the molecule is CNCC1CCN(C(=O)c2csc(-c3cccs3)n2)C1. The molecule has 0 saturated carbocycles. The van der Waals surface area contributed by atoms with Crippen LogP contribution in [0.5, 0.6) is 0 Å². The Morgan fingerprint density at radius 3 is 3.20 bits per heavy atom. The Labute approximate surface area is 126 Å². The topological polar surface area (TPSA) is 45.2 Å². The zero-order valence-corrected chi connectivity index (χ0v) is 13.0. The Morgan fingerprint density at radius 2 is 2.45 bits per heavy atom. The van der Waals surface area contributed by atoms with Gasteiger partial charge in [0, 0.05) is 18.5 Å². The Bertz CT molecular complexity index is 579. The monoisotopic (exact) mass is 307 g/mol. The van der Waals surface area contributed by atoms with E-state index in [0.29, 0.717) is 11.6 Å². The van der Waals surface area contributed by atoms with E-state index in [2.05, 4.69) is 10.3 Å². The highest BCUT2D eigenvalue weighted by Crippen LogP contribution is 2.28. The van der Waals surface area contributed by atoms with Crippen LogP contribution in [0.1, 0.15) is 16.9 Å². The summed E-state index contributed by atoms with van der Waals surface area (Å²) in [5.41, 5.74) is 0.587. The first-order valence-corrected chi connectivity index (χ1v) is 8.47. The van der Waals surface area contributed by atoms with Gasteiger partial charge in [-0.05, 0) is 37.4 Å². The molecule has 106 valence electrons. The number of hydrogen-bond donors (Lipinski definition) is 1. The number of nitrogens with one attached hydrogen (secondary N) is 1. The van der Waals surface area contributed by atoms with Crippen LogP contribution in [0, 0.1) is 5.92 Å². The first-order chi connectivity index (χ1) is 9.78. The van der Waals surface area contributed by atoms with Gasteiger partial charge < -0.3 is 10.2 Å².